The van der Waals surface area contributed by atoms with Crippen molar-refractivity contribution < 1.29 is 24.2 Å². The summed E-state index contributed by atoms with van der Waals surface area (Å²) in [6.45, 7) is 8.21. The molecule has 0 radical (unpaired) electrons. The van der Waals surface area contributed by atoms with Gasteiger partial charge in [-0.15, -0.1) is 0 Å². The SMILES string of the molecule is CCOC(=O)c1cc(NC(=O)c2cccc(Cl)c2)ccc1OCC(O)CNC(C)(C)C. The summed E-state index contributed by atoms with van der Waals surface area (Å²) in [6, 6.07) is 11.2. The first-order chi connectivity index (χ1) is 14.6. The Bertz CT molecular complexity index is 911. The number of hydrogen-bond acceptors (Lipinski definition) is 6. The number of halogens is 1. The number of amides is 1. The van der Waals surface area contributed by atoms with Crippen LogP contribution < -0.4 is 15.4 Å². The van der Waals surface area contributed by atoms with Crippen LogP contribution in [0.5, 0.6) is 5.75 Å². The predicted octanol–water partition coefficient (Wildman–Crippen LogP) is 3.90. The van der Waals surface area contributed by atoms with Gasteiger partial charge in [-0.1, -0.05) is 17.7 Å². The molecule has 0 aliphatic carbocycles. The van der Waals surface area contributed by atoms with Crippen molar-refractivity contribution in [1.29, 1.82) is 0 Å². The fraction of sp³-hybridized carbons (Fsp3) is 0.391. The van der Waals surface area contributed by atoms with Crippen LogP contribution in [0.15, 0.2) is 42.5 Å². The van der Waals surface area contributed by atoms with E-state index in [1.165, 1.54) is 6.07 Å². The zero-order valence-corrected chi connectivity index (χ0v) is 19.0. The second-order valence-corrected chi connectivity index (χ2v) is 8.43. The highest BCUT2D eigenvalue weighted by atomic mass is 35.5. The summed E-state index contributed by atoms with van der Waals surface area (Å²) in [5, 5.41) is 16.5. The average molecular weight is 449 g/mol. The lowest BCUT2D eigenvalue weighted by atomic mass is 10.1. The van der Waals surface area contributed by atoms with E-state index in [9.17, 15) is 14.7 Å². The standard InChI is InChI=1S/C23H29ClN2O5/c1-5-30-22(29)19-12-17(26-21(28)15-7-6-8-16(24)11-15)9-10-20(19)31-14-18(27)13-25-23(2,3)4/h6-12,18,25,27H,5,13-14H2,1-4H3,(H,26,28). The molecule has 0 aliphatic rings. The van der Waals surface area contributed by atoms with Crippen molar-refractivity contribution >= 4 is 29.2 Å². The number of hydrogen-bond donors (Lipinski definition) is 3. The third-order valence-corrected chi connectivity index (χ3v) is 4.35. The van der Waals surface area contributed by atoms with Crippen molar-refractivity contribution in [3.63, 3.8) is 0 Å². The van der Waals surface area contributed by atoms with Crippen molar-refractivity contribution in [2.45, 2.75) is 39.3 Å². The predicted molar refractivity (Wildman–Crippen MR) is 121 cm³/mol. The van der Waals surface area contributed by atoms with Crippen LogP contribution in [-0.4, -0.2) is 48.4 Å². The Balaban J connectivity index is 2.14. The molecular weight excluding hydrogens is 420 g/mol. The fourth-order valence-electron chi connectivity index (χ4n) is 2.60. The van der Waals surface area contributed by atoms with Crippen molar-refractivity contribution in [2.75, 3.05) is 25.1 Å². The maximum Gasteiger partial charge on any atom is 0.341 e. The smallest absolute Gasteiger partial charge is 0.341 e. The maximum absolute atomic E-state index is 12.5. The Hall–Kier alpha value is -2.61. The molecule has 3 N–H and O–H groups in total. The van der Waals surface area contributed by atoms with Gasteiger partial charge < -0.3 is 25.2 Å². The Morgan fingerprint density at radius 2 is 1.90 bits per heavy atom. The van der Waals surface area contributed by atoms with Gasteiger partial charge >= 0.3 is 5.97 Å². The van der Waals surface area contributed by atoms with Crippen LogP contribution in [0.25, 0.3) is 0 Å². The van der Waals surface area contributed by atoms with E-state index in [1.807, 2.05) is 20.8 Å². The highest BCUT2D eigenvalue weighted by molar-refractivity contribution is 6.31. The highest BCUT2D eigenvalue weighted by Gasteiger charge is 2.18. The van der Waals surface area contributed by atoms with Crippen LogP contribution in [0.3, 0.4) is 0 Å². The first kappa shape index (κ1) is 24.7. The molecule has 0 fully saturated rings. The molecule has 168 valence electrons. The van der Waals surface area contributed by atoms with Crippen LogP contribution in [0.2, 0.25) is 5.02 Å². The molecule has 0 aliphatic heterocycles. The van der Waals surface area contributed by atoms with Crippen LogP contribution in [0.1, 0.15) is 48.4 Å². The molecular formula is C23H29ClN2O5. The number of rotatable bonds is 9. The maximum atomic E-state index is 12.5. The van der Waals surface area contributed by atoms with E-state index in [-0.39, 0.29) is 36.0 Å². The molecule has 7 nitrogen and oxygen atoms in total. The fourth-order valence-corrected chi connectivity index (χ4v) is 2.79. The van der Waals surface area contributed by atoms with Gasteiger partial charge in [0.2, 0.25) is 0 Å². The van der Waals surface area contributed by atoms with Gasteiger partial charge in [-0.05, 0) is 64.1 Å². The number of carbonyl (C=O) groups excluding carboxylic acids is 2. The molecule has 0 aromatic heterocycles. The van der Waals surface area contributed by atoms with Gasteiger partial charge in [0.05, 0.1) is 6.61 Å². The van der Waals surface area contributed by atoms with Crippen molar-refractivity contribution in [3.05, 3.63) is 58.6 Å². The molecule has 31 heavy (non-hydrogen) atoms. The first-order valence-electron chi connectivity index (χ1n) is 10.0. The van der Waals surface area contributed by atoms with Crippen LogP contribution in [0, 0.1) is 0 Å². The minimum atomic E-state index is -0.767. The van der Waals surface area contributed by atoms with E-state index in [2.05, 4.69) is 10.6 Å². The number of anilines is 1. The minimum Gasteiger partial charge on any atom is -0.490 e. The van der Waals surface area contributed by atoms with E-state index < -0.39 is 12.1 Å². The molecule has 0 bridgehead atoms. The summed E-state index contributed by atoms with van der Waals surface area (Å²) in [6.07, 6.45) is -0.767. The molecule has 0 saturated carbocycles. The zero-order chi connectivity index (χ0) is 23.0. The summed E-state index contributed by atoms with van der Waals surface area (Å²) in [4.78, 5) is 24.9. The van der Waals surface area contributed by atoms with Crippen LogP contribution in [-0.2, 0) is 4.74 Å². The average Bonchev–Trinajstić information content (AvgIpc) is 2.70. The largest absolute Gasteiger partial charge is 0.490 e. The number of esters is 1. The lowest BCUT2D eigenvalue weighted by Crippen LogP contribution is -2.42. The van der Waals surface area contributed by atoms with Gasteiger partial charge in [-0.2, -0.15) is 0 Å². The van der Waals surface area contributed by atoms with Gasteiger partial charge in [0.15, 0.2) is 0 Å². The molecule has 1 unspecified atom stereocenters. The summed E-state index contributed by atoms with van der Waals surface area (Å²) in [5.41, 5.74) is 0.803. The Morgan fingerprint density at radius 3 is 2.55 bits per heavy atom. The monoisotopic (exact) mass is 448 g/mol. The van der Waals surface area contributed by atoms with Crippen molar-refractivity contribution in [1.82, 2.24) is 5.32 Å². The van der Waals surface area contributed by atoms with Gasteiger partial charge in [-0.3, -0.25) is 4.79 Å². The third kappa shape index (κ3) is 8.20. The molecule has 0 spiro atoms. The molecule has 2 aromatic rings. The van der Waals surface area contributed by atoms with E-state index in [4.69, 9.17) is 21.1 Å². The Labute approximate surface area is 187 Å². The molecule has 2 rings (SSSR count). The van der Waals surface area contributed by atoms with Gasteiger partial charge in [-0.25, -0.2) is 4.79 Å². The number of aliphatic hydroxyl groups excluding tert-OH is 1. The molecule has 1 atom stereocenters. The van der Waals surface area contributed by atoms with Gasteiger partial charge in [0.1, 0.15) is 24.0 Å². The van der Waals surface area contributed by atoms with Gasteiger partial charge in [0, 0.05) is 28.4 Å². The number of aliphatic hydroxyl groups is 1. The lowest BCUT2D eigenvalue weighted by Gasteiger charge is -2.23. The number of ether oxygens (including phenoxy) is 2. The number of benzene rings is 2. The molecule has 2 aromatic carbocycles. The molecule has 0 heterocycles. The van der Waals surface area contributed by atoms with E-state index in [1.54, 1.807) is 43.3 Å². The first-order valence-corrected chi connectivity index (χ1v) is 10.4. The molecule has 8 heteroatoms. The summed E-state index contributed by atoms with van der Waals surface area (Å²) in [5.74, 6) is -0.692. The zero-order valence-electron chi connectivity index (χ0n) is 18.2. The minimum absolute atomic E-state index is 0.0102. The van der Waals surface area contributed by atoms with Crippen molar-refractivity contribution in [3.8, 4) is 5.75 Å². The summed E-state index contributed by atoms with van der Waals surface area (Å²) < 4.78 is 10.8. The lowest BCUT2D eigenvalue weighted by molar-refractivity contribution is 0.0515. The number of β-amino-alcohol motifs (C(OH)–C–C–N with tert-alkyl or cyclic N) is 1. The normalized spacial score (nSPS) is 12.2. The molecule has 0 saturated heterocycles. The quantitative estimate of drug-likeness (QED) is 0.503. The van der Waals surface area contributed by atoms with E-state index in [0.717, 1.165) is 0 Å². The third-order valence-electron chi connectivity index (χ3n) is 4.12. The summed E-state index contributed by atoms with van der Waals surface area (Å²) in [7, 11) is 0. The number of carbonyl (C=O) groups is 2. The Kier molecular flexibility index (Phi) is 8.86. The van der Waals surface area contributed by atoms with Crippen LogP contribution >= 0.6 is 11.6 Å². The molecule has 1 amide bonds. The Morgan fingerprint density at radius 1 is 1.16 bits per heavy atom. The topological polar surface area (TPSA) is 96.9 Å². The number of nitrogens with one attached hydrogen (secondary N) is 2. The summed E-state index contributed by atoms with van der Waals surface area (Å²) >= 11 is 5.94. The highest BCUT2D eigenvalue weighted by Crippen LogP contribution is 2.25. The second kappa shape index (κ2) is 11.1. The second-order valence-electron chi connectivity index (χ2n) is 7.99. The van der Waals surface area contributed by atoms with Gasteiger partial charge in [0.25, 0.3) is 5.91 Å². The van der Waals surface area contributed by atoms with Crippen LogP contribution in [0.4, 0.5) is 5.69 Å². The van der Waals surface area contributed by atoms with E-state index in [0.29, 0.717) is 22.8 Å². The van der Waals surface area contributed by atoms with E-state index >= 15 is 0 Å². The van der Waals surface area contributed by atoms with Crippen molar-refractivity contribution in [2.24, 2.45) is 0 Å².